The summed E-state index contributed by atoms with van der Waals surface area (Å²) in [6, 6.07) is 3.88. The van der Waals surface area contributed by atoms with Gasteiger partial charge in [-0.05, 0) is 18.6 Å². The van der Waals surface area contributed by atoms with Crippen molar-refractivity contribution < 1.29 is 0 Å². The first-order valence-electron chi connectivity index (χ1n) is 3.44. The Labute approximate surface area is 63.3 Å². The molecule has 0 aliphatic heterocycles. The summed E-state index contributed by atoms with van der Waals surface area (Å²) in [6.45, 7) is 1.96. The number of hydrogen-bond acceptors (Lipinski definition) is 1. The molecule has 3 nitrogen and oxygen atoms in total. The Morgan fingerprint density at radius 1 is 1.45 bits per heavy atom. The highest BCUT2D eigenvalue weighted by Gasteiger charge is 1.94. The summed E-state index contributed by atoms with van der Waals surface area (Å²) in [5.41, 5.74) is 1.91. The normalized spacial score (nSPS) is 10.6. The molecule has 0 aromatic carbocycles. The van der Waals surface area contributed by atoms with Crippen molar-refractivity contribution in [2.24, 2.45) is 0 Å². The second-order valence-electron chi connectivity index (χ2n) is 2.60. The van der Waals surface area contributed by atoms with Gasteiger partial charge in [0.2, 0.25) is 0 Å². The Balaban J connectivity index is 2.99. The largest absolute Gasteiger partial charge is 0.330 e. The molecule has 2 aromatic rings. The zero-order chi connectivity index (χ0) is 7.84. The number of hydrogen-bond donors (Lipinski definition) is 1. The van der Waals surface area contributed by atoms with Gasteiger partial charge in [0.25, 0.3) is 0 Å². The van der Waals surface area contributed by atoms with Crippen LogP contribution in [0.1, 0.15) is 5.56 Å². The summed E-state index contributed by atoms with van der Waals surface area (Å²) in [7, 11) is 0. The highest BCUT2D eigenvalue weighted by molar-refractivity contribution is 5.44. The van der Waals surface area contributed by atoms with E-state index in [9.17, 15) is 4.79 Å². The highest BCUT2D eigenvalue weighted by Crippen LogP contribution is 2.00. The molecule has 3 heteroatoms. The number of H-pyrrole nitrogens is 1. The predicted molar refractivity (Wildman–Crippen MR) is 42.8 cm³/mol. The number of nitrogens with one attached hydrogen (secondary N) is 1. The summed E-state index contributed by atoms with van der Waals surface area (Å²) >= 11 is 0. The van der Waals surface area contributed by atoms with Crippen molar-refractivity contribution in [1.29, 1.82) is 0 Å². The summed E-state index contributed by atoms with van der Waals surface area (Å²) in [5.74, 6) is 0. The fourth-order valence-electron chi connectivity index (χ4n) is 1.12. The highest BCUT2D eigenvalue weighted by atomic mass is 16.1. The first kappa shape index (κ1) is 6.22. The number of nitrogens with zero attached hydrogens (tertiary/aromatic N) is 1. The predicted octanol–water partition coefficient (Wildman–Crippen LogP) is 0.936. The minimum Gasteiger partial charge on any atom is -0.312 e. The minimum absolute atomic E-state index is 0.0799. The lowest BCUT2D eigenvalue weighted by Crippen LogP contribution is -2.08. The first-order valence-corrected chi connectivity index (χ1v) is 3.44. The molecule has 0 aliphatic carbocycles. The SMILES string of the molecule is Cc1ccc2c[nH]c(=O)n2c1. The fourth-order valence-corrected chi connectivity index (χ4v) is 1.12. The van der Waals surface area contributed by atoms with E-state index in [1.807, 2.05) is 25.3 Å². The Morgan fingerprint density at radius 3 is 3.09 bits per heavy atom. The van der Waals surface area contributed by atoms with E-state index in [1.54, 1.807) is 10.6 Å². The summed E-state index contributed by atoms with van der Waals surface area (Å²) in [5, 5.41) is 0. The van der Waals surface area contributed by atoms with Crippen LogP contribution < -0.4 is 5.69 Å². The number of rotatable bonds is 0. The van der Waals surface area contributed by atoms with Crippen LogP contribution in [0.3, 0.4) is 0 Å². The van der Waals surface area contributed by atoms with E-state index in [0.717, 1.165) is 11.1 Å². The van der Waals surface area contributed by atoms with E-state index < -0.39 is 0 Å². The molecule has 11 heavy (non-hydrogen) atoms. The molecule has 2 aromatic heterocycles. The number of aromatic amines is 1. The van der Waals surface area contributed by atoms with Crippen molar-refractivity contribution >= 4 is 5.52 Å². The molecule has 0 saturated carbocycles. The van der Waals surface area contributed by atoms with Gasteiger partial charge in [0.05, 0.1) is 5.52 Å². The van der Waals surface area contributed by atoms with Crippen molar-refractivity contribution in [2.75, 3.05) is 0 Å². The third kappa shape index (κ3) is 0.852. The lowest BCUT2D eigenvalue weighted by molar-refractivity contribution is 1.05. The second kappa shape index (κ2) is 1.99. The monoisotopic (exact) mass is 148 g/mol. The van der Waals surface area contributed by atoms with Crippen molar-refractivity contribution in [3.8, 4) is 0 Å². The molecule has 56 valence electrons. The van der Waals surface area contributed by atoms with Gasteiger partial charge < -0.3 is 4.98 Å². The Kier molecular flexibility index (Phi) is 1.12. The Bertz CT molecular complexity index is 439. The molecule has 0 atom stereocenters. The average Bonchev–Trinajstić information content (AvgIpc) is 2.33. The van der Waals surface area contributed by atoms with Gasteiger partial charge in [0.15, 0.2) is 0 Å². The van der Waals surface area contributed by atoms with Crippen LogP contribution in [0.25, 0.3) is 5.52 Å². The average molecular weight is 148 g/mol. The van der Waals surface area contributed by atoms with Crippen LogP contribution in [0.2, 0.25) is 0 Å². The number of aryl methyl sites for hydroxylation is 1. The summed E-state index contributed by atoms with van der Waals surface area (Å²) in [4.78, 5) is 13.6. The zero-order valence-electron chi connectivity index (χ0n) is 6.16. The molecule has 0 spiro atoms. The van der Waals surface area contributed by atoms with Crippen LogP contribution in [-0.2, 0) is 0 Å². The minimum atomic E-state index is -0.0799. The lowest BCUT2D eigenvalue weighted by Gasteiger charge is -1.92. The molecule has 0 amide bonds. The molecular weight excluding hydrogens is 140 g/mol. The maximum absolute atomic E-state index is 11.0. The zero-order valence-corrected chi connectivity index (χ0v) is 6.16. The number of imidazole rings is 1. The van der Waals surface area contributed by atoms with Gasteiger partial charge in [0, 0.05) is 12.4 Å². The molecule has 0 saturated heterocycles. The molecule has 0 bridgehead atoms. The van der Waals surface area contributed by atoms with Gasteiger partial charge in [-0.2, -0.15) is 0 Å². The van der Waals surface area contributed by atoms with Crippen LogP contribution in [0.15, 0.2) is 29.3 Å². The Morgan fingerprint density at radius 2 is 2.27 bits per heavy atom. The van der Waals surface area contributed by atoms with Crippen molar-refractivity contribution in [2.45, 2.75) is 6.92 Å². The van der Waals surface area contributed by atoms with Gasteiger partial charge in [0.1, 0.15) is 0 Å². The van der Waals surface area contributed by atoms with E-state index in [2.05, 4.69) is 4.98 Å². The van der Waals surface area contributed by atoms with E-state index >= 15 is 0 Å². The quantitative estimate of drug-likeness (QED) is 0.593. The molecule has 0 unspecified atom stereocenters. The molecule has 0 fully saturated rings. The van der Waals surface area contributed by atoms with Crippen LogP contribution >= 0.6 is 0 Å². The fraction of sp³-hybridized carbons (Fsp3) is 0.125. The van der Waals surface area contributed by atoms with Crippen LogP contribution in [0.4, 0.5) is 0 Å². The van der Waals surface area contributed by atoms with Gasteiger partial charge in [-0.1, -0.05) is 6.07 Å². The van der Waals surface area contributed by atoms with Crippen molar-refractivity contribution in [1.82, 2.24) is 9.38 Å². The van der Waals surface area contributed by atoms with Crippen LogP contribution in [-0.4, -0.2) is 9.38 Å². The van der Waals surface area contributed by atoms with Crippen LogP contribution in [0, 0.1) is 6.92 Å². The van der Waals surface area contributed by atoms with E-state index in [0.29, 0.717) is 0 Å². The topological polar surface area (TPSA) is 37.3 Å². The molecule has 2 heterocycles. The third-order valence-corrected chi connectivity index (χ3v) is 1.69. The van der Waals surface area contributed by atoms with E-state index in [4.69, 9.17) is 0 Å². The first-order chi connectivity index (χ1) is 5.27. The molecular formula is C8H8N2O. The third-order valence-electron chi connectivity index (χ3n) is 1.69. The standard InChI is InChI=1S/C8H8N2O/c1-6-2-3-7-4-9-8(11)10(7)5-6/h2-5H,1H3,(H,9,11). The number of fused-ring (bicyclic) bond motifs is 1. The molecule has 1 N–H and O–H groups in total. The Hall–Kier alpha value is -1.51. The van der Waals surface area contributed by atoms with Gasteiger partial charge in [-0.15, -0.1) is 0 Å². The number of pyridine rings is 1. The molecule has 0 radical (unpaired) electrons. The van der Waals surface area contributed by atoms with Crippen molar-refractivity contribution in [3.05, 3.63) is 40.6 Å². The maximum atomic E-state index is 11.0. The van der Waals surface area contributed by atoms with Crippen molar-refractivity contribution in [3.63, 3.8) is 0 Å². The second-order valence-corrected chi connectivity index (χ2v) is 2.60. The van der Waals surface area contributed by atoms with Gasteiger partial charge >= 0.3 is 5.69 Å². The van der Waals surface area contributed by atoms with E-state index in [-0.39, 0.29) is 5.69 Å². The maximum Gasteiger partial charge on any atom is 0.330 e. The molecule has 2 rings (SSSR count). The lowest BCUT2D eigenvalue weighted by atomic mass is 10.3. The van der Waals surface area contributed by atoms with Gasteiger partial charge in [-0.3, -0.25) is 4.40 Å². The number of aromatic nitrogens is 2. The van der Waals surface area contributed by atoms with Gasteiger partial charge in [-0.25, -0.2) is 4.79 Å². The summed E-state index contributed by atoms with van der Waals surface area (Å²) in [6.07, 6.45) is 3.51. The molecule has 0 aliphatic rings. The van der Waals surface area contributed by atoms with E-state index in [1.165, 1.54) is 0 Å². The summed E-state index contributed by atoms with van der Waals surface area (Å²) < 4.78 is 1.59. The van der Waals surface area contributed by atoms with Crippen LogP contribution in [0.5, 0.6) is 0 Å². The smallest absolute Gasteiger partial charge is 0.312 e.